The first-order valence-corrected chi connectivity index (χ1v) is 6.01. The number of hydrogen-bond acceptors (Lipinski definition) is 2. The summed E-state index contributed by atoms with van der Waals surface area (Å²) < 4.78 is 5.79. The third-order valence-corrected chi connectivity index (χ3v) is 2.91. The van der Waals surface area contributed by atoms with Gasteiger partial charge in [-0.25, -0.2) is 0 Å². The number of rotatable bonds is 4. The molecule has 90 valence electrons. The standard InChI is InChI=1S/C14H16ClNO/c1-16(2)9-10-17-14-12-6-4-3-5-11(12)7-8-13(14)15/h3-8H,9-10H2,1-2H3. The largest absolute Gasteiger partial charge is 0.490 e. The molecule has 0 saturated heterocycles. The molecule has 0 heterocycles. The van der Waals surface area contributed by atoms with E-state index in [-0.39, 0.29) is 0 Å². The van der Waals surface area contributed by atoms with Crippen molar-refractivity contribution in [2.45, 2.75) is 0 Å². The van der Waals surface area contributed by atoms with Gasteiger partial charge < -0.3 is 9.64 Å². The van der Waals surface area contributed by atoms with Crippen LogP contribution in [0.2, 0.25) is 5.02 Å². The van der Waals surface area contributed by atoms with Gasteiger partial charge >= 0.3 is 0 Å². The van der Waals surface area contributed by atoms with Gasteiger partial charge in [0.25, 0.3) is 0 Å². The smallest absolute Gasteiger partial charge is 0.145 e. The lowest BCUT2D eigenvalue weighted by atomic mass is 10.1. The van der Waals surface area contributed by atoms with Gasteiger partial charge in [0.15, 0.2) is 0 Å². The maximum Gasteiger partial charge on any atom is 0.145 e. The maximum absolute atomic E-state index is 6.18. The van der Waals surface area contributed by atoms with Crippen LogP contribution in [0.25, 0.3) is 10.8 Å². The zero-order valence-corrected chi connectivity index (χ0v) is 10.9. The molecule has 3 heteroatoms. The molecule has 0 amide bonds. The van der Waals surface area contributed by atoms with E-state index in [1.54, 1.807) is 0 Å². The molecule has 0 N–H and O–H groups in total. The highest BCUT2D eigenvalue weighted by atomic mass is 35.5. The van der Waals surface area contributed by atoms with Crippen molar-refractivity contribution in [2.24, 2.45) is 0 Å². The van der Waals surface area contributed by atoms with E-state index in [0.717, 1.165) is 23.1 Å². The van der Waals surface area contributed by atoms with E-state index in [4.69, 9.17) is 16.3 Å². The van der Waals surface area contributed by atoms with Gasteiger partial charge in [0.05, 0.1) is 5.02 Å². The molecule has 0 atom stereocenters. The molecule has 0 aromatic heterocycles. The molecule has 0 unspecified atom stereocenters. The van der Waals surface area contributed by atoms with Gasteiger partial charge in [0.1, 0.15) is 12.4 Å². The van der Waals surface area contributed by atoms with Crippen LogP contribution in [-0.4, -0.2) is 32.1 Å². The Balaban J connectivity index is 2.28. The number of fused-ring (bicyclic) bond motifs is 1. The molecule has 2 aromatic rings. The Morgan fingerprint density at radius 1 is 1.12 bits per heavy atom. The van der Waals surface area contributed by atoms with Crippen LogP contribution in [0.5, 0.6) is 5.75 Å². The van der Waals surface area contributed by atoms with Crippen molar-refractivity contribution >= 4 is 22.4 Å². The molecular weight excluding hydrogens is 234 g/mol. The fourth-order valence-corrected chi connectivity index (χ4v) is 1.91. The zero-order valence-electron chi connectivity index (χ0n) is 10.1. The quantitative estimate of drug-likeness (QED) is 0.823. The molecule has 0 fully saturated rings. The highest BCUT2D eigenvalue weighted by Crippen LogP contribution is 2.33. The van der Waals surface area contributed by atoms with Crippen molar-refractivity contribution in [3.05, 3.63) is 41.4 Å². The molecule has 0 radical (unpaired) electrons. The molecule has 2 rings (SSSR count). The maximum atomic E-state index is 6.18. The Bertz CT molecular complexity index is 511. The molecule has 0 aliphatic heterocycles. The first-order valence-electron chi connectivity index (χ1n) is 5.63. The van der Waals surface area contributed by atoms with Gasteiger partial charge in [-0.1, -0.05) is 41.9 Å². The average Bonchev–Trinajstić information content (AvgIpc) is 2.32. The number of halogens is 1. The molecule has 17 heavy (non-hydrogen) atoms. The number of likely N-dealkylation sites (N-methyl/N-ethyl adjacent to an activating group) is 1. The number of hydrogen-bond donors (Lipinski definition) is 0. The van der Waals surface area contributed by atoms with Crippen LogP contribution in [0.15, 0.2) is 36.4 Å². The Labute approximate surface area is 107 Å². The Hall–Kier alpha value is -1.25. The molecule has 0 bridgehead atoms. The highest BCUT2D eigenvalue weighted by Gasteiger charge is 2.06. The second-order valence-corrected chi connectivity index (χ2v) is 4.66. The Morgan fingerprint density at radius 2 is 1.88 bits per heavy atom. The third kappa shape index (κ3) is 2.90. The predicted molar refractivity (Wildman–Crippen MR) is 73.0 cm³/mol. The van der Waals surface area contributed by atoms with Crippen molar-refractivity contribution in [2.75, 3.05) is 27.2 Å². The van der Waals surface area contributed by atoms with E-state index in [2.05, 4.69) is 11.0 Å². The second-order valence-electron chi connectivity index (χ2n) is 4.25. The summed E-state index contributed by atoms with van der Waals surface area (Å²) in [5, 5.41) is 2.89. The third-order valence-electron chi connectivity index (χ3n) is 2.62. The number of ether oxygens (including phenoxy) is 1. The lowest BCUT2D eigenvalue weighted by Crippen LogP contribution is -2.19. The summed E-state index contributed by atoms with van der Waals surface area (Å²) >= 11 is 6.18. The molecule has 0 aliphatic carbocycles. The van der Waals surface area contributed by atoms with Crippen LogP contribution in [0.4, 0.5) is 0 Å². The summed E-state index contributed by atoms with van der Waals surface area (Å²) in [5.41, 5.74) is 0. The summed E-state index contributed by atoms with van der Waals surface area (Å²) in [6.45, 7) is 1.51. The molecule has 2 aromatic carbocycles. The zero-order chi connectivity index (χ0) is 12.3. The summed E-state index contributed by atoms with van der Waals surface area (Å²) in [5.74, 6) is 0.784. The minimum Gasteiger partial charge on any atom is -0.490 e. The van der Waals surface area contributed by atoms with Crippen LogP contribution in [0.1, 0.15) is 0 Å². The van der Waals surface area contributed by atoms with E-state index in [1.807, 2.05) is 44.4 Å². The number of nitrogens with zero attached hydrogens (tertiary/aromatic N) is 1. The van der Waals surface area contributed by atoms with Crippen LogP contribution >= 0.6 is 11.6 Å². The lowest BCUT2D eigenvalue weighted by molar-refractivity contribution is 0.264. The van der Waals surface area contributed by atoms with Gasteiger partial charge in [-0.2, -0.15) is 0 Å². The van der Waals surface area contributed by atoms with Crippen molar-refractivity contribution in [1.29, 1.82) is 0 Å². The second kappa shape index (κ2) is 5.39. The summed E-state index contributed by atoms with van der Waals surface area (Å²) in [4.78, 5) is 2.08. The molecule has 2 nitrogen and oxygen atoms in total. The SMILES string of the molecule is CN(C)CCOc1c(Cl)ccc2ccccc12. The van der Waals surface area contributed by atoms with Crippen LogP contribution in [0.3, 0.4) is 0 Å². The van der Waals surface area contributed by atoms with Crippen LogP contribution in [-0.2, 0) is 0 Å². The molecule has 0 spiro atoms. The normalized spacial score (nSPS) is 11.1. The average molecular weight is 250 g/mol. The van der Waals surface area contributed by atoms with Crippen molar-refractivity contribution in [3.8, 4) is 5.75 Å². The minimum atomic E-state index is 0.640. The van der Waals surface area contributed by atoms with Crippen LogP contribution < -0.4 is 4.74 Å². The topological polar surface area (TPSA) is 12.5 Å². The summed E-state index contributed by atoms with van der Waals surface area (Å²) in [7, 11) is 4.04. The van der Waals surface area contributed by atoms with Gasteiger partial charge in [0.2, 0.25) is 0 Å². The van der Waals surface area contributed by atoms with E-state index in [1.165, 1.54) is 0 Å². The monoisotopic (exact) mass is 249 g/mol. The predicted octanol–water partition coefficient (Wildman–Crippen LogP) is 3.43. The van der Waals surface area contributed by atoms with Crippen molar-refractivity contribution in [1.82, 2.24) is 4.90 Å². The first-order chi connectivity index (χ1) is 8.18. The highest BCUT2D eigenvalue weighted by molar-refractivity contribution is 6.33. The Morgan fingerprint density at radius 3 is 2.65 bits per heavy atom. The Kier molecular flexibility index (Phi) is 3.87. The summed E-state index contributed by atoms with van der Waals surface area (Å²) in [6, 6.07) is 12.0. The van der Waals surface area contributed by atoms with Crippen molar-refractivity contribution < 1.29 is 4.74 Å². The van der Waals surface area contributed by atoms with Gasteiger partial charge in [-0.3, -0.25) is 0 Å². The fourth-order valence-electron chi connectivity index (χ4n) is 1.69. The van der Waals surface area contributed by atoms with Crippen molar-refractivity contribution in [3.63, 3.8) is 0 Å². The molecular formula is C14H16ClNO. The van der Waals surface area contributed by atoms with E-state index in [0.29, 0.717) is 11.6 Å². The van der Waals surface area contributed by atoms with E-state index >= 15 is 0 Å². The number of benzene rings is 2. The van der Waals surface area contributed by atoms with Gasteiger partial charge in [-0.05, 0) is 25.5 Å². The van der Waals surface area contributed by atoms with Gasteiger partial charge in [0, 0.05) is 11.9 Å². The summed E-state index contributed by atoms with van der Waals surface area (Å²) in [6.07, 6.45) is 0. The molecule has 0 aliphatic rings. The van der Waals surface area contributed by atoms with E-state index < -0.39 is 0 Å². The van der Waals surface area contributed by atoms with E-state index in [9.17, 15) is 0 Å². The fraction of sp³-hybridized carbons (Fsp3) is 0.286. The first kappa shape index (κ1) is 12.2. The lowest BCUT2D eigenvalue weighted by Gasteiger charge is -2.13. The minimum absolute atomic E-state index is 0.640. The molecule has 0 saturated carbocycles. The van der Waals surface area contributed by atoms with Crippen LogP contribution in [0, 0.1) is 0 Å². The van der Waals surface area contributed by atoms with Gasteiger partial charge in [-0.15, -0.1) is 0 Å².